The Morgan fingerprint density at radius 1 is 1.40 bits per heavy atom. The molecule has 128 valence electrons. The minimum absolute atomic E-state index is 0.113. The minimum atomic E-state index is -0.770. The van der Waals surface area contributed by atoms with E-state index < -0.39 is 22.9 Å². The lowest BCUT2D eigenvalue weighted by Gasteiger charge is -2.21. The second-order valence-corrected chi connectivity index (χ2v) is 5.35. The molecule has 1 aliphatic rings. The molecule has 0 spiro atoms. The number of aryl methyl sites for hydroxylation is 1. The molecule has 0 aliphatic carbocycles. The van der Waals surface area contributed by atoms with E-state index in [1.165, 1.54) is 42.7 Å². The number of rotatable bonds is 3. The number of carbonyl (C=O) groups is 1. The lowest BCUT2D eigenvalue weighted by molar-refractivity contribution is -0.384. The first kappa shape index (κ1) is 16.5. The predicted octanol–water partition coefficient (Wildman–Crippen LogP) is 3.37. The fourth-order valence-electron chi connectivity index (χ4n) is 2.35. The summed E-state index contributed by atoms with van der Waals surface area (Å²) < 4.78 is 18.9. The van der Waals surface area contributed by atoms with Gasteiger partial charge in [-0.2, -0.15) is 10.1 Å². The summed E-state index contributed by atoms with van der Waals surface area (Å²) in [4.78, 5) is 26.3. The Morgan fingerprint density at radius 3 is 2.76 bits per heavy atom. The van der Waals surface area contributed by atoms with Crippen molar-refractivity contribution in [1.82, 2.24) is 9.99 Å². The van der Waals surface area contributed by atoms with E-state index in [-0.39, 0.29) is 17.1 Å². The first-order chi connectivity index (χ1) is 12.0. The highest BCUT2D eigenvalue weighted by Crippen LogP contribution is 2.29. The van der Waals surface area contributed by atoms with Crippen LogP contribution in [0, 0.1) is 22.9 Å². The quantitative estimate of drug-likeness (QED) is 0.628. The molecule has 0 saturated carbocycles. The van der Waals surface area contributed by atoms with Gasteiger partial charge < -0.3 is 4.74 Å². The molecule has 2 aromatic rings. The molecule has 0 N–H and O–H groups in total. The first-order valence-electron chi connectivity index (χ1n) is 7.35. The fraction of sp³-hybridized carbons (Fsp3) is 0.188. The highest BCUT2D eigenvalue weighted by molar-refractivity contribution is 5.75. The lowest BCUT2D eigenvalue weighted by Crippen LogP contribution is -2.30. The molecule has 1 aromatic carbocycles. The molecule has 0 saturated heterocycles. The van der Waals surface area contributed by atoms with Gasteiger partial charge in [-0.05, 0) is 30.7 Å². The van der Waals surface area contributed by atoms with Crippen molar-refractivity contribution in [2.24, 2.45) is 5.10 Å². The number of aromatic nitrogens is 1. The second kappa shape index (κ2) is 6.63. The van der Waals surface area contributed by atoms with Crippen molar-refractivity contribution in [1.29, 1.82) is 0 Å². The molecule has 1 atom stereocenters. The van der Waals surface area contributed by atoms with Gasteiger partial charge in [0.1, 0.15) is 11.6 Å². The van der Waals surface area contributed by atoms with Gasteiger partial charge in [-0.25, -0.2) is 9.18 Å². The largest absolute Gasteiger partial charge is 0.436 e. The van der Waals surface area contributed by atoms with Crippen molar-refractivity contribution in [3.63, 3.8) is 0 Å². The van der Waals surface area contributed by atoms with Gasteiger partial charge in [0.05, 0.1) is 16.7 Å². The Labute approximate surface area is 141 Å². The highest BCUT2D eigenvalue weighted by atomic mass is 19.1. The lowest BCUT2D eigenvalue weighted by atomic mass is 10.1. The average molecular weight is 344 g/mol. The van der Waals surface area contributed by atoms with Gasteiger partial charge in [0, 0.05) is 31.0 Å². The number of hydrazone groups is 1. The Bertz CT molecular complexity index is 854. The van der Waals surface area contributed by atoms with Gasteiger partial charge in [0.2, 0.25) is 0 Å². The molecule has 8 nitrogen and oxygen atoms in total. The number of nitro benzene ring substituents is 1. The Kier molecular flexibility index (Phi) is 4.38. The summed E-state index contributed by atoms with van der Waals surface area (Å²) >= 11 is 0. The Balaban J connectivity index is 1.75. The maximum atomic E-state index is 13.7. The van der Waals surface area contributed by atoms with Crippen LogP contribution in [0.3, 0.4) is 0 Å². The van der Waals surface area contributed by atoms with Crippen molar-refractivity contribution in [3.05, 3.63) is 63.7 Å². The van der Waals surface area contributed by atoms with E-state index in [4.69, 9.17) is 4.74 Å². The number of halogens is 1. The number of hydrogen-bond acceptors (Lipinski definition) is 6. The molecular formula is C16H13FN4O4. The first-order valence-corrected chi connectivity index (χ1v) is 7.35. The van der Waals surface area contributed by atoms with E-state index in [2.05, 4.69) is 10.1 Å². The topological polar surface area (TPSA) is 97.9 Å². The van der Waals surface area contributed by atoms with Crippen molar-refractivity contribution >= 4 is 18.0 Å². The van der Waals surface area contributed by atoms with Gasteiger partial charge in [-0.15, -0.1) is 0 Å². The number of non-ortho nitro benzene ring substituents is 1. The minimum Gasteiger partial charge on any atom is -0.409 e. The highest BCUT2D eigenvalue weighted by Gasteiger charge is 2.30. The molecular weight excluding hydrogens is 331 g/mol. The molecule has 1 unspecified atom stereocenters. The van der Waals surface area contributed by atoms with Crippen LogP contribution in [0.25, 0.3) is 0 Å². The van der Waals surface area contributed by atoms with E-state index in [0.29, 0.717) is 12.0 Å². The number of carbonyl (C=O) groups excluding carboxylic acids is 1. The van der Waals surface area contributed by atoms with Crippen LogP contribution in [-0.2, 0) is 0 Å². The predicted molar refractivity (Wildman–Crippen MR) is 85.7 cm³/mol. The zero-order chi connectivity index (χ0) is 18.0. The van der Waals surface area contributed by atoms with Crippen LogP contribution in [0.1, 0.15) is 23.7 Å². The van der Waals surface area contributed by atoms with Crippen LogP contribution in [0.15, 0.2) is 41.6 Å². The zero-order valence-electron chi connectivity index (χ0n) is 13.1. The number of ether oxygens (including phenoxy) is 1. The Morgan fingerprint density at radius 2 is 2.12 bits per heavy atom. The van der Waals surface area contributed by atoms with Crippen LogP contribution < -0.4 is 4.74 Å². The third-order valence-electron chi connectivity index (χ3n) is 3.70. The van der Waals surface area contributed by atoms with Crippen molar-refractivity contribution < 1.29 is 18.8 Å². The normalized spacial score (nSPS) is 16.1. The number of benzene rings is 1. The molecule has 9 heteroatoms. The SMILES string of the molecule is Cc1ncc(C2CC=NN2C(=O)Oc2ccc([N+](=O)[O-])cc2)cc1F. The molecule has 0 fully saturated rings. The number of nitro groups is 1. The molecule has 0 radical (unpaired) electrons. The van der Waals surface area contributed by atoms with E-state index >= 15 is 0 Å². The molecule has 1 aliphatic heterocycles. The van der Waals surface area contributed by atoms with Crippen LogP contribution in [-0.4, -0.2) is 27.2 Å². The molecule has 3 rings (SSSR count). The molecule has 0 bridgehead atoms. The van der Waals surface area contributed by atoms with Crippen LogP contribution in [0.5, 0.6) is 5.75 Å². The number of hydrogen-bond donors (Lipinski definition) is 0. The standard InChI is InChI=1S/C16H13FN4O4/c1-10-14(17)8-11(9-18-10)15-6-7-19-20(15)16(22)25-13-4-2-12(3-5-13)21(23)24/h2-5,7-9,15H,6H2,1H3. The van der Waals surface area contributed by atoms with Crippen molar-refractivity contribution in [2.45, 2.75) is 19.4 Å². The number of nitrogens with zero attached hydrogens (tertiary/aromatic N) is 4. The zero-order valence-corrected chi connectivity index (χ0v) is 13.1. The number of amides is 1. The maximum Gasteiger partial charge on any atom is 0.436 e. The summed E-state index contributed by atoms with van der Waals surface area (Å²) in [6.07, 6.45) is 2.65. The summed E-state index contributed by atoms with van der Waals surface area (Å²) in [6, 6.07) is 5.89. The van der Waals surface area contributed by atoms with Gasteiger partial charge >= 0.3 is 6.09 Å². The van der Waals surface area contributed by atoms with Crippen LogP contribution in [0.2, 0.25) is 0 Å². The monoisotopic (exact) mass is 344 g/mol. The maximum absolute atomic E-state index is 13.7. The van der Waals surface area contributed by atoms with Gasteiger partial charge in [0.25, 0.3) is 5.69 Å². The van der Waals surface area contributed by atoms with Gasteiger partial charge in [-0.1, -0.05) is 0 Å². The molecule has 1 aromatic heterocycles. The van der Waals surface area contributed by atoms with Crippen molar-refractivity contribution in [3.8, 4) is 5.75 Å². The summed E-state index contributed by atoms with van der Waals surface area (Å²) in [6.45, 7) is 1.55. The summed E-state index contributed by atoms with van der Waals surface area (Å²) in [5.74, 6) is -0.322. The molecule has 2 heterocycles. The summed E-state index contributed by atoms with van der Waals surface area (Å²) in [5.41, 5.74) is 0.655. The fourth-order valence-corrected chi connectivity index (χ4v) is 2.35. The van der Waals surface area contributed by atoms with E-state index in [0.717, 1.165) is 5.01 Å². The molecule has 1 amide bonds. The molecule has 25 heavy (non-hydrogen) atoms. The summed E-state index contributed by atoms with van der Waals surface area (Å²) in [7, 11) is 0. The van der Waals surface area contributed by atoms with E-state index in [1.54, 1.807) is 6.92 Å². The third kappa shape index (κ3) is 3.44. The number of pyridine rings is 1. The third-order valence-corrected chi connectivity index (χ3v) is 3.70. The van der Waals surface area contributed by atoms with Crippen LogP contribution >= 0.6 is 0 Å². The van der Waals surface area contributed by atoms with Gasteiger partial charge in [-0.3, -0.25) is 15.1 Å². The smallest absolute Gasteiger partial charge is 0.409 e. The van der Waals surface area contributed by atoms with E-state index in [9.17, 15) is 19.3 Å². The summed E-state index contributed by atoms with van der Waals surface area (Å²) in [5, 5.41) is 15.7. The average Bonchev–Trinajstić information content (AvgIpc) is 3.07. The second-order valence-electron chi connectivity index (χ2n) is 5.35. The van der Waals surface area contributed by atoms with Crippen LogP contribution in [0.4, 0.5) is 14.9 Å². The van der Waals surface area contributed by atoms with E-state index in [1.807, 2.05) is 0 Å². The Hall–Kier alpha value is -3.36. The van der Waals surface area contributed by atoms with Crippen molar-refractivity contribution in [2.75, 3.05) is 0 Å². The van der Waals surface area contributed by atoms with Gasteiger partial charge in [0.15, 0.2) is 0 Å².